The van der Waals surface area contributed by atoms with Gasteiger partial charge in [0, 0.05) is 42.6 Å². The number of hydrogen-bond donors (Lipinski definition) is 3. The second kappa shape index (κ2) is 10.3. The predicted molar refractivity (Wildman–Crippen MR) is 124 cm³/mol. The van der Waals surface area contributed by atoms with Crippen molar-refractivity contribution in [3.63, 3.8) is 0 Å². The molecule has 1 saturated carbocycles. The molecule has 1 aliphatic heterocycles. The normalized spacial score (nSPS) is 23.6. The summed E-state index contributed by atoms with van der Waals surface area (Å²) >= 11 is 0. The van der Waals surface area contributed by atoms with E-state index in [0.29, 0.717) is 17.6 Å². The maximum absolute atomic E-state index is 12.5. The van der Waals surface area contributed by atoms with Crippen LogP contribution in [0.4, 0.5) is 16.2 Å². The first-order valence-electron chi connectivity index (χ1n) is 11.3. The number of para-hydroxylation sites is 1. The molecule has 0 spiro atoms. The summed E-state index contributed by atoms with van der Waals surface area (Å²) in [5.41, 5.74) is 2.68. The first-order valence-corrected chi connectivity index (χ1v) is 11.3. The molecule has 1 aliphatic carbocycles. The van der Waals surface area contributed by atoms with Crippen molar-refractivity contribution in [3.8, 4) is 6.07 Å². The summed E-state index contributed by atoms with van der Waals surface area (Å²) < 4.78 is 0. The van der Waals surface area contributed by atoms with Gasteiger partial charge in [-0.1, -0.05) is 31.0 Å². The minimum Gasteiger partial charge on any atom is -0.370 e. The molecule has 31 heavy (non-hydrogen) atoms. The Labute approximate surface area is 184 Å². The lowest BCUT2D eigenvalue weighted by molar-refractivity contribution is 0.226. The molecule has 1 heterocycles. The fraction of sp³-hybridized carbons (Fsp3) is 0.440. The van der Waals surface area contributed by atoms with Gasteiger partial charge in [-0.25, -0.2) is 4.79 Å². The van der Waals surface area contributed by atoms with Crippen molar-refractivity contribution in [1.82, 2.24) is 10.6 Å². The molecule has 1 saturated heterocycles. The Balaban J connectivity index is 1.33. The number of nitriles is 1. The Morgan fingerprint density at radius 3 is 2.42 bits per heavy atom. The minimum absolute atomic E-state index is 0.132. The second-order valence-corrected chi connectivity index (χ2v) is 8.57. The van der Waals surface area contributed by atoms with Gasteiger partial charge in [0.15, 0.2) is 0 Å². The van der Waals surface area contributed by atoms with Crippen molar-refractivity contribution in [2.24, 2.45) is 0 Å². The van der Waals surface area contributed by atoms with Crippen LogP contribution in [-0.2, 0) is 0 Å². The van der Waals surface area contributed by atoms with E-state index in [1.54, 1.807) is 0 Å². The van der Waals surface area contributed by atoms with Gasteiger partial charge in [-0.2, -0.15) is 5.26 Å². The van der Waals surface area contributed by atoms with Gasteiger partial charge in [-0.05, 0) is 62.1 Å². The first-order chi connectivity index (χ1) is 15.2. The smallest absolute Gasteiger partial charge is 0.319 e. The number of hydrogen-bond acceptors (Lipinski definition) is 4. The van der Waals surface area contributed by atoms with E-state index in [-0.39, 0.29) is 12.1 Å². The fourth-order valence-electron chi connectivity index (χ4n) is 4.76. The van der Waals surface area contributed by atoms with Crippen LogP contribution in [0.1, 0.15) is 44.1 Å². The standard InChI is InChI=1S/C25H31N5O/c26-17-19-12-14-22(15-13-19)30-16-6-9-21(18-30)27-23-10-4-5-11-24(23)29-25(31)28-20-7-2-1-3-8-20/h1-3,7-8,12-15,21,23-24,27H,4-6,9-11,16,18H2,(H2,28,29,31)/t21?,23-,24-/m1/s1. The molecule has 0 radical (unpaired) electrons. The maximum Gasteiger partial charge on any atom is 0.319 e. The second-order valence-electron chi connectivity index (χ2n) is 8.57. The van der Waals surface area contributed by atoms with E-state index < -0.39 is 0 Å². The molecule has 2 aliphatic rings. The Morgan fingerprint density at radius 2 is 1.68 bits per heavy atom. The Bertz CT molecular complexity index is 892. The SMILES string of the molecule is N#Cc1ccc(N2CCCC(N[C@@H]3CCCC[C@H]3NC(=O)Nc3ccccc3)C2)cc1. The summed E-state index contributed by atoms with van der Waals surface area (Å²) in [6.07, 6.45) is 6.72. The van der Waals surface area contributed by atoms with Crippen LogP contribution in [0.2, 0.25) is 0 Å². The number of rotatable bonds is 5. The highest BCUT2D eigenvalue weighted by molar-refractivity contribution is 5.89. The van der Waals surface area contributed by atoms with E-state index in [1.165, 1.54) is 12.1 Å². The fourth-order valence-corrected chi connectivity index (χ4v) is 4.76. The van der Waals surface area contributed by atoms with Crippen LogP contribution in [0.15, 0.2) is 54.6 Å². The van der Waals surface area contributed by atoms with Crippen LogP contribution in [-0.4, -0.2) is 37.2 Å². The van der Waals surface area contributed by atoms with Gasteiger partial charge in [0.25, 0.3) is 0 Å². The molecule has 2 aromatic carbocycles. The molecule has 6 heteroatoms. The summed E-state index contributed by atoms with van der Waals surface area (Å²) in [5, 5.41) is 19.0. The van der Waals surface area contributed by atoms with Crippen LogP contribution in [0.3, 0.4) is 0 Å². The van der Waals surface area contributed by atoms with Crippen LogP contribution in [0, 0.1) is 11.3 Å². The molecule has 3 atom stereocenters. The largest absolute Gasteiger partial charge is 0.370 e. The number of benzene rings is 2. The van der Waals surface area contributed by atoms with Crippen molar-refractivity contribution in [2.75, 3.05) is 23.3 Å². The average Bonchev–Trinajstić information content (AvgIpc) is 2.81. The summed E-state index contributed by atoms with van der Waals surface area (Å²) in [7, 11) is 0. The zero-order chi connectivity index (χ0) is 21.5. The van der Waals surface area contributed by atoms with E-state index in [1.807, 2.05) is 54.6 Å². The van der Waals surface area contributed by atoms with E-state index in [9.17, 15) is 4.79 Å². The molecular formula is C25H31N5O. The van der Waals surface area contributed by atoms with Crippen LogP contribution in [0.25, 0.3) is 0 Å². The van der Waals surface area contributed by atoms with Crippen LogP contribution in [0.5, 0.6) is 0 Å². The molecular weight excluding hydrogens is 386 g/mol. The van der Waals surface area contributed by atoms with Crippen molar-refractivity contribution < 1.29 is 4.79 Å². The lowest BCUT2D eigenvalue weighted by atomic mass is 9.89. The minimum atomic E-state index is -0.132. The van der Waals surface area contributed by atoms with Crippen molar-refractivity contribution >= 4 is 17.4 Å². The number of piperidine rings is 1. The van der Waals surface area contributed by atoms with Gasteiger partial charge in [0.05, 0.1) is 11.6 Å². The zero-order valence-corrected chi connectivity index (χ0v) is 17.9. The summed E-state index contributed by atoms with van der Waals surface area (Å²) in [4.78, 5) is 14.9. The molecule has 4 rings (SSSR count). The number of nitrogens with zero attached hydrogens (tertiary/aromatic N) is 2. The average molecular weight is 418 g/mol. The molecule has 0 bridgehead atoms. The number of carbonyl (C=O) groups is 1. The Kier molecular flexibility index (Phi) is 7.06. The zero-order valence-electron chi connectivity index (χ0n) is 17.9. The maximum atomic E-state index is 12.5. The topological polar surface area (TPSA) is 80.2 Å². The third-order valence-corrected chi connectivity index (χ3v) is 6.35. The van der Waals surface area contributed by atoms with Crippen molar-refractivity contribution in [1.29, 1.82) is 5.26 Å². The first kappa shape index (κ1) is 21.2. The van der Waals surface area contributed by atoms with Gasteiger partial charge in [0.2, 0.25) is 0 Å². The lowest BCUT2D eigenvalue weighted by Crippen LogP contribution is -2.57. The van der Waals surface area contributed by atoms with E-state index in [4.69, 9.17) is 5.26 Å². The number of carbonyl (C=O) groups excluding carboxylic acids is 1. The van der Waals surface area contributed by atoms with Gasteiger partial charge in [0.1, 0.15) is 0 Å². The van der Waals surface area contributed by atoms with Crippen molar-refractivity contribution in [2.45, 2.75) is 56.7 Å². The quantitative estimate of drug-likeness (QED) is 0.679. The lowest BCUT2D eigenvalue weighted by Gasteiger charge is -2.40. The highest BCUT2D eigenvalue weighted by atomic mass is 16.2. The highest BCUT2D eigenvalue weighted by Crippen LogP contribution is 2.24. The van der Waals surface area contributed by atoms with Gasteiger partial charge in [-0.15, -0.1) is 0 Å². The van der Waals surface area contributed by atoms with Crippen LogP contribution < -0.4 is 20.9 Å². The van der Waals surface area contributed by atoms with Crippen molar-refractivity contribution in [3.05, 3.63) is 60.2 Å². The van der Waals surface area contributed by atoms with E-state index in [0.717, 1.165) is 50.9 Å². The van der Waals surface area contributed by atoms with E-state index >= 15 is 0 Å². The number of urea groups is 1. The summed E-state index contributed by atoms with van der Waals surface area (Å²) in [6.45, 7) is 1.99. The monoisotopic (exact) mass is 417 g/mol. The van der Waals surface area contributed by atoms with Gasteiger partial charge < -0.3 is 20.9 Å². The molecule has 2 amide bonds. The summed E-state index contributed by atoms with van der Waals surface area (Å²) in [6, 6.07) is 20.3. The predicted octanol–water partition coefficient (Wildman–Crippen LogP) is 4.25. The van der Waals surface area contributed by atoms with E-state index in [2.05, 4.69) is 26.9 Å². The molecule has 1 unspecified atom stereocenters. The molecule has 0 aromatic heterocycles. The Hall–Kier alpha value is -3.04. The molecule has 162 valence electrons. The molecule has 2 aromatic rings. The third-order valence-electron chi connectivity index (χ3n) is 6.35. The third kappa shape index (κ3) is 5.77. The van der Waals surface area contributed by atoms with Crippen LogP contribution >= 0.6 is 0 Å². The highest BCUT2D eigenvalue weighted by Gasteiger charge is 2.30. The van der Waals surface area contributed by atoms with Gasteiger partial charge in [-0.3, -0.25) is 0 Å². The number of amides is 2. The molecule has 2 fully saturated rings. The van der Waals surface area contributed by atoms with Gasteiger partial charge >= 0.3 is 6.03 Å². The molecule has 6 nitrogen and oxygen atoms in total. The number of nitrogens with one attached hydrogen (secondary N) is 3. The number of anilines is 2. The summed E-state index contributed by atoms with van der Waals surface area (Å²) in [5.74, 6) is 0. The molecule has 3 N–H and O–H groups in total. The Morgan fingerprint density at radius 1 is 0.935 bits per heavy atom.